The Kier molecular flexibility index (Phi) is 5.56. The molecular weight excluding hydrogens is 290 g/mol. The maximum atomic E-state index is 12.6. The van der Waals surface area contributed by atoms with Crippen LogP contribution in [-0.4, -0.2) is 40.8 Å². The highest BCUT2D eigenvalue weighted by atomic mass is 35.5. The van der Waals surface area contributed by atoms with Gasteiger partial charge in [0.1, 0.15) is 5.69 Å². The van der Waals surface area contributed by atoms with Gasteiger partial charge in [0.2, 0.25) is 5.91 Å². The summed E-state index contributed by atoms with van der Waals surface area (Å²) in [5.41, 5.74) is 0.266. The second kappa shape index (κ2) is 7.41. The third kappa shape index (κ3) is 3.94. The number of amides is 2. The van der Waals surface area contributed by atoms with Gasteiger partial charge in [-0.05, 0) is 38.3 Å². The fraction of sp³-hybridized carbons (Fsp3) is 0.533. The third-order valence-electron chi connectivity index (χ3n) is 3.64. The molecule has 0 saturated carbocycles. The number of likely N-dealkylation sites (tertiary alicyclic amines) is 1. The highest BCUT2D eigenvalue weighted by Gasteiger charge is 2.30. The van der Waals surface area contributed by atoms with Gasteiger partial charge in [-0.25, -0.2) is 4.98 Å². The molecule has 1 saturated heterocycles. The molecule has 0 spiro atoms. The molecule has 1 atom stereocenters. The van der Waals surface area contributed by atoms with Gasteiger partial charge in [0.05, 0.1) is 5.02 Å². The van der Waals surface area contributed by atoms with E-state index in [1.165, 1.54) is 0 Å². The van der Waals surface area contributed by atoms with Crippen molar-refractivity contribution in [2.45, 2.75) is 38.6 Å². The zero-order valence-electron chi connectivity index (χ0n) is 12.1. The number of nitrogens with one attached hydrogen (secondary N) is 1. The van der Waals surface area contributed by atoms with Crippen molar-refractivity contribution >= 4 is 23.4 Å². The summed E-state index contributed by atoms with van der Waals surface area (Å²) < 4.78 is 0. The molecule has 2 amide bonds. The van der Waals surface area contributed by atoms with Crippen molar-refractivity contribution in [3.63, 3.8) is 0 Å². The van der Waals surface area contributed by atoms with Gasteiger partial charge in [-0.2, -0.15) is 0 Å². The quantitative estimate of drug-likeness (QED) is 0.928. The molecular formula is C15H20ClN3O2. The molecule has 1 aliphatic heterocycles. The Morgan fingerprint density at radius 3 is 3.00 bits per heavy atom. The molecule has 0 bridgehead atoms. The van der Waals surface area contributed by atoms with Gasteiger partial charge in [-0.3, -0.25) is 9.59 Å². The summed E-state index contributed by atoms with van der Waals surface area (Å²) in [6.45, 7) is 3.14. The number of nitrogens with zero attached hydrogens (tertiary/aromatic N) is 2. The summed E-state index contributed by atoms with van der Waals surface area (Å²) in [5, 5.41) is 3.14. The van der Waals surface area contributed by atoms with Crippen LogP contribution in [0.2, 0.25) is 5.02 Å². The van der Waals surface area contributed by atoms with Crippen molar-refractivity contribution in [2.75, 3.05) is 13.1 Å². The Balaban J connectivity index is 2.13. The number of carbonyl (C=O) groups is 2. The van der Waals surface area contributed by atoms with Gasteiger partial charge in [0.25, 0.3) is 5.91 Å². The monoisotopic (exact) mass is 309 g/mol. The second-order valence-electron chi connectivity index (χ2n) is 5.14. The number of aromatic nitrogens is 1. The maximum absolute atomic E-state index is 12.6. The van der Waals surface area contributed by atoms with Crippen LogP contribution in [0.15, 0.2) is 18.3 Å². The van der Waals surface area contributed by atoms with E-state index in [0.29, 0.717) is 24.5 Å². The maximum Gasteiger partial charge on any atom is 0.274 e. The van der Waals surface area contributed by atoms with Crippen LogP contribution in [0.1, 0.15) is 43.1 Å². The SMILES string of the molecule is CCNC(=O)CC1CCCCN1C(=O)c1ncccc1Cl. The fourth-order valence-corrected chi connectivity index (χ4v) is 2.84. The third-order valence-corrected chi connectivity index (χ3v) is 3.95. The molecule has 0 aromatic carbocycles. The Bertz CT molecular complexity index is 521. The lowest BCUT2D eigenvalue weighted by atomic mass is 9.98. The van der Waals surface area contributed by atoms with Gasteiger partial charge in [0.15, 0.2) is 0 Å². The van der Waals surface area contributed by atoms with Crippen LogP contribution in [0.3, 0.4) is 0 Å². The molecule has 0 radical (unpaired) electrons. The largest absolute Gasteiger partial charge is 0.356 e. The molecule has 1 aliphatic rings. The first kappa shape index (κ1) is 15.8. The fourth-order valence-electron chi connectivity index (χ4n) is 2.64. The van der Waals surface area contributed by atoms with Crippen molar-refractivity contribution in [3.8, 4) is 0 Å². The average molecular weight is 310 g/mol. The number of carbonyl (C=O) groups excluding carboxylic acids is 2. The molecule has 21 heavy (non-hydrogen) atoms. The minimum atomic E-state index is -0.186. The van der Waals surface area contributed by atoms with Crippen LogP contribution in [0.4, 0.5) is 0 Å². The summed E-state index contributed by atoms with van der Waals surface area (Å²) >= 11 is 6.05. The molecule has 1 fully saturated rings. The van der Waals surface area contributed by atoms with E-state index in [0.717, 1.165) is 19.3 Å². The number of pyridine rings is 1. The number of hydrogen-bond donors (Lipinski definition) is 1. The molecule has 6 heteroatoms. The average Bonchev–Trinajstić information content (AvgIpc) is 2.48. The van der Waals surface area contributed by atoms with Crippen LogP contribution >= 0.6 is 11.6 Å². The van der Waals surface area contributed by atoms with Gasteiger partial charge in [-0.1, -0.05) is 11.6 Å². The number of halogens is 1. The van der Waals surface area contributed by atoms with Gasteiger partial charge in [-0.15, -0.1) is 0 Å². The van der Waals surface area contributed by atoms with Crippen LogP contribution < -0.4 is 5.32 Å². The molecule has 0 aliphatic carbocycles. The van der Waals surface area contributed by atoms with Crippen LogP contribution in [-0.2, 0) is 4.79 Å². The lowest BCUT2D eigenvalue weighted by Crippen LogP contribution is -2.46. The van der Waals surface area contributed by atoms with Crippen molar-refractivity contribution in [2.24, 2.45) is 0 Å². The summed E-state index contributed by atoms with van der Waals surface area (Å²) in [7, 11) is 0. The summed E-state index contributed by atoms with van der Waals surface area (Å²) in [5.74, 6) is -0.205. The molecule has 2 rings (SSSR count). The summed E-state index contributed by atoms with van der Waals surface area (Å²) in [6.07, 6.45) is 4.71. The summed E-state index contributed by atoms with van der Waals surface area (Å²) in [6, 6.07) is 3.28. The highest BCUT2D eigenvalue weighted by Crippen LogP contribution is 2.23. The van der Waals surface area contributed by atoms with E-state index in [2.05, 4.69) is 10.3 Å². The lowest BCUT2D eigenvalue weighted by Gasteiger charge is -2.35. The van der Waals surface area contributed by atoms with Crippen LogP contribution in [0.5, 0.6) is 0 Å². The second-order valence-corrected chi connectivity index (χ2v) is 5.55. The Morgan fingerprint density at radius 2 is 2.29 bits per heavy atom. The number of rotatable bonds is 4. The molecule has 114 valence electrons. The van der Waals surface area contributed by atoms with Crippen molar-refractivity contribution in [3.05, 3.63) is 29.0 Å². The molecule has 1 unspecified atom stereocenters. The normalized spacial score (nSPS) is 18.4. The molecule has 1 N–H and O–H groups in total. The smallest absolute Gasteiger partial charge is 0.274 e. The number of piperidine rings is 1. The van der Waals surface area contributed by atoms with E-state index < -0.39 is 0 Å². The highest BCUT2D eigenvalue weighted by molar-refractivity contribution is 6.33. The van der Waals surface area contributed by atoms with Gasteiger partial charge >= 0.3 is 0 Å². The Hall–Kier alpha value is -1.62. The first-order valence-corrected chi connectivity index (χ1v) is 7.69. The zero-order chi connectivity index (χ0) is 15.2. The summed E-state index contributed by atoms with van der Waals surface area (Å²) in [4.78, 5) is 30.2. The minimum Gasteiger partial charge on any atom is -0.356 e. The van der Waals surface area contributed by atoms with Crippen LogP contribution in [0, 0.1) is 0 Å². The topological polar surface area (TPSA) is 62.3 Å². The number of hydrogen-bond acceptors (Lipinski definition) is 3. The van der Waals surface area contributed by atoms with E-state index in [1.807, 2.05) is 6.92 Å². The predicted octanol–water partition coefficient (Wildman–Crippen LogP) is 2.26. The van der Waals surface area contributed by atoms with E-state index in [-0.39, 0.29) is 23.6 Å². The van der Waals surface area contributed by atoms with Crippen LogP contribution in [0.25, 0.3) is 0 Å². The first-order chi connectivity index (χ1) is 10.1. The minimum absolute atomic E-state index is 0.0192. The van der Waals surface area contributed by atoms with Gasteiger partial charge < -0.3 is 10.2 Å². The molecule has 1 aromatic heterocycles. The van der Waals surface area contributed by atoms with E-state index in [4.69, 9.17) is 11.6 Å². The van der Waals surface area contributed by atoms with E-state index in [9.17, 15) is 9.59 Å². The Labute approximate surface area is 129 Å². The molecule has 5 nitrogen and oxygen atoms in total. The Morgan fingerprint density at radius 1 is 1.48 bits per heavy atom. The van der Waals surface area contributed by atoms with E-state index in [1.54, 1.807) is 23.2 Å². The van der Waals surface area contributed by atoms with Crippen molar-refractivity contribution in [1.29, 1.82) is 0 Å². The zero-order valence-corrected chi connectivity index (χ0v) is 12.9. The first-order valence-electron chi connectivity index (χ1n) is 7.31. The van der Waals surface area contributed by atoms with Crippen molar-refractivity contribution < 1.29 is 9.59 Å². The lowest BCUT2D eigenvalue weighted by molar-refractivity contribution is -0.122. The predicted molar refractivity (Wildman–Crippen MR) is 81.2 cm³/mol. The van der Waals surface area contributed by atoms with Crippen molar-refractivity contribution in [1.82, 2.24) is 15.2 Å². The van der Waals surface area contributed by atoms with Gasteiger partial charge in [0, 0.05) is 31.7 Å². The standard InChI is InChI=1S/C15H20ClN3O2/c1-2-17-13(20)10-11-6-3-4-9-19(11)15(21)14-12(16)7-5-8-18-14/h5,7-8,11H,2-4,6,9-10H2,1H3,(H,17,20). The van der Waals surface area contributed by atoms with E-state index >= 15 is 0 Å². The molecule has 2 heterocycles. The molecule has 1 aromatic rings.